The predicted octanol–water partition coefficient (Wildman–Crippen LogP) is 6.39. The van der Waals surface area contributed by atoms with E-state index in [1.807, 2.05) is 42.2 Å². The highest BCUT2D eigenvalue weighted by Gasteiger charge is 2.28. The van der Waals surface area contributed by atoms with E-state index in [-0.39, 0.29) is 16.5 Å². The molecule has 1 saturated heterocycles. The van der Waals surface area contributed by atoms with Gasteiger partial charge < -0.3 is 10.2 Å². The van der Waals surface area contributed by atoms with Crippen molar-refractivity contribution >= 4 is 39.8 Å². The molecule has 4 nitrogen and oxygen atoms in total. The molecular weight excluding hydrogens is 435 g/mol. The summed E-state index contributed by atoms with van der Waals surface area (Å²) in [6.45, 7) is 3.34. The number of nitrogens with zero attached hydrogens (tertiary/aromatic N) is 1. The third-order valence-electron chi connectivity index (χ3n) is 5.44. The zero-order chi connectivity index (χ0) is 22.0. The van der Waals surface area contributed by atoms with Crippen LogP contribution in [0.25, 0.3) is 10.4 Å². The Labute approximate surface area is 189 Å². The molecule has 1 fully saturated rings. The Morgan fingerprint density at radius 1 is 1.06 bits per heavy atom. The van der Waals surface area contributed by atoms with Crippen LogP contribution >= 0.6 is 22.9 Å². The highest BCUT2D eigenvalue weighted by molar-refractivity contribution is 7.20. The molecule has 7 heteroatoms. The number of amides is 2. The van der Waals surface area contributed by atoms with Gasteiger partial charge in [0.2, 0.25) is 0 Å². The topological polar surface area (TPSA) is 49.4 Å². The lowest BCUT2D eigenvalue weighted by atomic mass is 10.0. The van der Waals surface area contributed by atoms with Crippen molar-refractivity contribution in [1.29, 1.82) is 0 Å². The number of halogens is 2. The molecule has 31 heavy (non-hydrogen) atoms. The molecule has 0 unspecified atom stereocenters. The number of piperidine rings is 1. The standard InChI is InChI=1S/C24H22ClFN2O2S/c1-15-20(24(30)28-12-6-3-7-13-28)23(31-21(15)16-8-4-2-5-9-16)27-22(29)18-11-10-17(26)14-19(18)25/h2,4-5,8-11,14H,3,6-7,12-13H2,1H3,(H,27,29). The molecule has 0 spiro atoms. The average molecular weight is 457 g/mol. The van der Waals surface area contributed by atoms with Crippen LogP contribution in [0.3, 0.4) is 0 Å². The predicted molar refractivity (Wildman–Crippen MR) is 124 cm³/mol. The first-order valence-electron chi connectivity index (χ1n) is 10.2. The molecule has 160 valence electrons. The molecule has 1 aliphatic rings. The van der Waals surface area contributed by atoms with E-state index in [9.17, 15) is 14.0 Å². The summed E-state index contributed by atoms with van der Waals surface area (Å²) in [5, 5.41) is 3.37. The summed E-state index contributed by atoms with van der Waals surface area (Å²) >= 11 is 7.44. The number of carbonyl (C=O) groups excluding carboxylic acids is 2. The molecule has 2 amide bonds. The highest BCUT2D eigenvalue weighted by atomic mass is 35.5. The fraction of sp³-hybridized carbons (Fsp3) is 0.250. The molecule has 0 saturated carbocycles. The summed E-state index contributed by atoms with van der Waals surface area (Å²) in [7, 11) is 0. The maximum atomic E-state index is 13.4. The largest absolute Gasteiger partial charge is 0.339 e. The Bertz CT molecular complexity index is 1120. The summed E-state index contributed by atoms with van der Waals surface area (Å²) in [6.07, 6.45) is 3.08. The van der Waals surface area contributed by atoms with Crippen LogP contribution in [0.2, 0.25) is 5.02 Å². The van der Waals surface area contributed by atoms with Crippen molar-refractivity contribution in [2.24, 2.45) is 0 Å². The second-order valence-corrected chi connectivity index (χ2v) is 8.99. The summed E-state index contributed by atoms with van der Waals surface area (Å²) in [4.78, 5) is 29.1. The minimum absolute atomic E-state index is 0.0259. The van der Waals surface area contributed by atoms with Crippen LogP contribution in [-0.2, 0) is 0 Å². The van der Waals surface area contributed by atoms with Gasteiger partial charge in [0.1, 0.15) is 10.8 Å². The highest BCUT2D eigenvalue weighted by Crippen LogP contribution is 2.41. The van der Waals surface area contributed by atoms with Crippen LogP contribution in [0.15, 0.2) is 48.5 Å². The number of anilines is 1. The van der Waals surface area contributed by atoms with E-state index in [2.05, 4.69) is 5.32 Å². The average Bonchev–Trinajstić information content (AvgIpc) is 3.10. The minimum Gasteiger partial charge on any atom is -0.339 e. The van der Waals surface area contributed by atoms with Gasteiger partial charge in [-0.15, -0.1) is 11.3 Å². The molecule has 0 radical (unpaired) electrons. The van der Waals surface area contributed by atoms with Gasteiger partial charge in [-0.25, -0.2) is 4.39 Å². The minimum atomic E-state index is -0.513. The Morgan fingerprint density at radius 3 is 2.45 bits per heavy atom. The molecule has 0 aliphatic carbocycles. The fourth-order valence-electron chi connectivity index (χ4n) is 3.82. The van der Waals surface area contributed by atoms with Crippen molar-refractivity contribution in [3.63, 3.8) is 0 Å². The van der Waals surface area contributed by atoms with Gasteiger partial charge in [-0.05, 0) is 55.5 Å². The summed E-state index contributed by atoms with van der Waals surface area (Å²) in [6, 6.07) is 13.4. The zero-order valence-electron chi connectivity index (χ0n) is 17.1. The van der Waals surface area contributed by atoms with Crippen molar-refractivity contribution < 1.29 is 14.0 Å². The van der Waals surface area contributed by atoms with Gasteiger partial charge in [0.15, 0.2) is 0 Å². The molecular formula is C24H22ClFN2O2S. The van der Waals surface area contributed by atoms with Gasteiger partial charge in [0.05, 0.1) is 16.1 Å². The van der Waals surface area contributed by atoms with Crippen LogP contribution in [0.4, 0.5) is 9.39 Å². The van der Waals surface area contributed by atoms with Crippen molar-refractivity contribution in [1.82, 2.24) is 4.90 Å². The van der Waals surface area contributed by atoms with E-state index in [1.165, 1.54) is 23.5 Å². The first kappa shape index (κ1) is 21.5. The number of hydrogen-bond acceptors (Lipinski definition) is 3. The van der Waals surface area contributed by atoms with Gasteiger partial charge in [0, 0.05) is 18.0 Å². The van der Waals surface area contributed by atoms with Crippen molar-refractivity contribution in [2.45, 2.75) is 26.2 Å². The molecule has 1 N–H and O–H groups in total. The molecule has 2 aromatic carbocycles. The van der Waals surface area contributed by atoms with Gasteiger partial charge in [-0.3, -0.25) is 9.59 Å². The monoisotopic (exact) mass is 456 g/mol. The van der Waals surface area contributed by atoms with Gasteiger partial charge in [0.25, 0.3) is 11.8 Å². The van der Waals surface area contributed by atoms with E-state index in [4.69, 9.17) is 11.6 Å². The second kappa shape index (κ2) is 9.20. The number of hydrogen-bond donors (Lipinski definition) is 1. The van der Waals surface area contributed by atoms with Gasteiger partial charge in [-0.1, -0.05) is 41.9 Å². The second-order valence-electron chi connectivity index (χ2n) is 7.56. The third kappa shape index (κ3) is 4.50. The van der Waals surface area contributed by atoms with E-state index in [0.717, 1.165) is 41.3 Å². The Hall–Kier alpha value is -2.70. The SMILES string of the molecule is Cc1c(-c2ccccc2)sc(NC(=O)c2ccc(F)cc2Cl)c1C(=O)N1CCCCC1. The summed E-state index contributed by atoms with van der Waals surface area (Å²) < 4.78 is 13.4. The molecule has 3 aromatic rings. The number of nitrogens with one attached hydrogen (secondary N) is 1. The van der Waals surface area contributed by atoms with E-state index >= 15 is 0 Å². The molecule has 1 aromatic heterocycles. The van der Waals surface area contributed by atoms with Crippen molar-refractivity contribution in [3.8, 4) is 10.4 Å². The first-order valence-corrected chi connectivity index (χ1v) is 11.4. The molecule has 4 rings (SSSR count). The smallest absolute Gasteiger partial charge is 0.257 e. The maximum Gasteiger partial charge on any atom is 0.257 e. The summed E-state index contributed by atoms with van der Waals surface area (Å²) in [5.74, 6) is -1.06. The quantitative estimate of drug-likeness (QED) is 0.494. The lowest BCUT2D eigenvalue weighted by molar-refractivity contribution is 0.0725. The van der Waals surface area contributed by atoms with E-state index in [0.29, 0.717) is 23.7 Å². The van der Waals surface area contributed by atoms with E-state index < -0.39 is 11.7 Å². The van der Waals surface area contributed by atoms with Crippen LogP contribution in [0, 0.1) is 12.7 Å². The molecule has 0 bridgehead atoms. The van der Waals surface area contributed by atoms with Crippen LogP contribution in [-0.4, -0.2) is 29.8 Å². The van der Waals surface area contributed by atoms with E-state index in [1.54, 1.807) is 0 Å². The van der Waals surface area contributed by atoms with Crippen LogP contribution in [0.1, 0.15) is 45.5 Å². The number of rotatable bonds is 4. The fourth-order valence-corrected chi connectivity index (χ4v) is 5.28. The van der Waals surface area contributed by atoms with Crippen molar-refractivity contribution in [3.05, 3.63) is 76.1 Å². The number of benzene rings is 2. The Kier molecular flexibility index (Phi) is 6.39. The van der Waals surface area contributed by atoms with Crippen molar-refractivity contribution in [2.75, 3.05) is 18.4 Å². The van der Waals surface area contributed by atoms with Gasteiger partial charge >= 0.3 is 0 Å². The molecule has 1 aliphatic heterocycles. The number of carbonyl (C=O) groups is 2. The lowest BCUT2D eigenvalue weighted by Crippen LogP contribution is -2.36. The Morgan fingerprint density at radius 2 is 1.77 bits per heavy atom. The zero-order valence-corrected chi connectivity index (χ0v) is 18.7. The number of thiophene rings is 1. The van der Waals surface area contributed by atoms with Crippen LogP contribution in [0.5, 0.6) is 0 Å². The number of likely N-dealkylation sites (tertiary alicyclic amines) is 1. The Balaban J connectivity index is 1.74. The molecule has 2 heterocycles. The third-order valence-corrected chi connectivity index (χ3v) is 7.01. The normalized spacial score (nSPS) is 13.8. The summed E-state index contributed by atoms with van der Waals surface area (Å²) in [5.41, 5.74) is 2.49. The van der Waals surface area contributed by atoms with Crippen LogP contribution < -0.4 is 5.32 Å². The maximum absolute atomic E-state index is 13.4. The lowest BCUT2D eigenvalue weighted by Gasteiger charge is -2.27. The first-order chi connectivity index (χ1) is 15.0. The molecule has 0 atom stereocenters. The van der Waals surface area contributed by atoms with Gasteiger partial charge in [-0.2, -0.15) is 0 Å².